The predicted octanol–water partition coefficient (Wildman–Crippen LogP) is 3.23. The summed E-state index contributed by atoms with van der Waals surface area (Å²) in [4.78, 5) is 27.0. The Bertz CT molecular complexity index is 676. The fourth-order valence-corrected chi connectivity index (χ4v) is 2.87. The number of anilines is 1. The van der Waals surface area contributed by atoms with Crippen LogP contribution in [0, 0.1) is 0 Å². The van der Waals surface area contributed by atoms with Crippen LogP contribution in [-0.2, 0) is 4.79 Å². The maximum Gasteiger partial charge on any atom is 0.256 e. The first-order valence-electron chi connectivity index (χ1n) is 8.55. The zero-order valence-electron chi connectivity index (χ0n) is 15.3. The van der Waals surface area contributed by atoms with E-state index in [1.807, 2.05) is 13.0 Å². The third-order valence-corrected chi connectivity index (χ3v) is 4.26. The van der Waals surface area contributed by atoms with Gasteiger partial charge in [-0.05, 0) is 32.3 Å². The second kappa shape index (κ2) is 8.55. The van der Waals surface area contributed by atoms with E-state index >= 15 is 0 Å². The van der Waals surface area contributed by atoms with Gasteiger partial charge < -0.3 is 19.7 Å². The van der Waals surface area contributed by atoms with Gasteiger partial charge in [0.15, 0.2) is 11.5 Å². The van der Waals surface area contributed by atoms with Crippen LogP contribution in [0.2, 0.25) is 0 Å². The summed E-state index contributed by atoms with van der Waals surface area (Å²) in [5.41, 5.74) is 1.46. The zero-order valence-corrected chi connectivity index (χ0v) is 15.3. The molecule has 0 atom stereocenters. The highest BCUT2D eigenvalue weighted by atomic mass is 16.5. The van der Waals surface area contributed by atoms with E-state index in [-0.39, 0.29) is 11.8 Å². The van der Waals surface area contributed by atoms with E-state index in [0.717, 1.165) is 32.4 Å². The lowest BCUT2D eigenvalue weighted by Gasteiger charge is -2.20. The van der Waals surface area contributed by atoms with Crippen LogP contribution in [0.25, 0.3) is 0 Å². The Labute approximate surface area is 148 Å². The van der Waals surface area contributed by atoms with E-state index in [1.165, 1.54) is 14.2 Å². The molecule has 0 aliphatic carbocycles. The van der Waals surface area contributed by atoms with Crippen molar-refractivity contribution in [3.8, 4) is 11.5 Å². The van der Waals surface area contributed by atoms with Gasteiger partial charge in [0.2, 0.25) is 0 Å². The number of methoxy groups -OCH3 is 2. The molecule has 0 aromatic heterocycles. The lowest BCUT2D eigenvalue weighted by molar-refractivity contribution is -0.112. The van der Waals surface area contributed by atoms with Crippen LogP contribution in [0.1, 0.15) is 43.5 Å². The van der Waals surface area contributed by atoms with Crippen molar-refractivity contribution in [3.63, 3.8) is 0 Å². The molecule has 0 radical (unpaired) electrons. The molecule has 6 nitrogen and oxygen atoms in total. The normalized spacial score (nSPS) is 14.4. The van der Waals surface area contributed by atoms with Gasteiger partial charge in [0.05, 0.1) is 25.5 Å². The van der Waals surface area contributed by atoms with Gasteiger partial charge in [-0.3, -0.25) is 9.59 Å². The minimum absolute atomic E-state index is 0.106. The average molecular weight is 346 g/mol. The highest BCUT2D eigenvalue weighted by Crippen LogP contribution is 2.34. The van der Waals surface area contributed by atoms with E-state index < -0.39 is 0 Å². The van der Waals surface area contributed by atoms with Gasteiger partial charge >= 0.3 is 0 Å². The SMILES string of the molecule is CC/C=C(/C)C(=O)Nc1cc(OC)c(OC)cc1C(=O)N1CCCC1. The molecular weight excluding hydrogens is 320 g/mol. The summed E-state index contributed by atoms with van der Waals surface area (Å²) in [5, 5.41) is 2.84. The van der Waals surface area contributed by atoms with Gasteiger partial charge in [0, 0.05) is 24.7 Å². The molecule has 1 aliphatic heterocycles. The average Bonchev–Trinajstić information content (AvgIpc) is 3.15. The third kappa shape index (κ3) is 4.32. The highest BCUT2D eigenvalue weighted by molar-refractivity contribution is 6.09. The molecule has 1 saturated heterocycles. The summed E-state index contributed by atoms with van der Waals surface area (Å²) in [6, 6.07) is 3.27. The summed E-state index contributed by atoms with van der Waals surface area (Å²) < 4.78 is 10.6. The molecule has 1 aliphatic rings. The highest BCUT2D eigenvalue weighted by Gasteiger charge is 2.25. The number of nitrogens with zero attached hydrogens (tertiary/aromatic N) is 1. The largest absolute Gasteiger partial charge is 0.493 e. The number of benzene rings is 1. The van der Waals surface area contributed by atoms with Crippen molar-refractivity contribution < 1.29 is 19.1 Å². The van der Waals surface area contributed by atoms with E-state index in [9.17, 15) is 9.59 Å². The van der Waals surface area contributed by atoms with Crippen molar-refractivity contribution in [2.75, 3.05) is 32.6 Å². The molecule has 1 aromatic carbocycles. The summed E-state index contributed by atoms with van der Waals surface area (Å²) in [6.07, 6.45) is 4.61. The second-order valence-electron chi connectivity index (χ2n) is 6.00. The molecule has 0 unspecified atom stereocenters. The molecule has 1 heterocycles. The minimum Gasteiger partial charge on any atom is -0.493 e. The number of rotatable bonds is 6. The Balaban J connectivity index is 2.42. The molecule has 1 N–H and O–H groups in total. The van der Waals surface area contributed by atoms with Crippen LogP contribution in [-0.4, -0.2) is 44.0 Å². The molecule has 1 aromatic rings. The fourth-order valence-electron chi connectivity index (χ4n) is 2.87. The summed E-state index contributed by atoms with van der Waals surface area (Å²) in [7, 11) is 3.04. The van der Waals surface area contributed by atoms with Gasteiger partial charge in [-0.1, -0.05) is 13.0 Å². The van der Waals surface area contributed by atoms with Crippen LogP contribution in [0.5, 0.6) is 11.5 Å². The van der Waals surface area contributed by atoms with Crippen molar-refractivity contribution in [2.24, 2.45) is 0 Å². The molecule has 136 valence electrons. The van der Waals surface area contributed by atoms with Gasteiger partial charge in [-0.15, -0.1) is 0 Å². The number of hydrogen-bond acceptors (Lipinski definition) is 4. The van der Waals surface area contributed by atoms with E-state index in [0.29, 0.717) is 28.3 Å². The second-order valence-corrected chi connectivity index (χ2v) is 6.00. The van der Waals surface area contributed by atoms with Gasteiger partial charge in [0.25, 0.3) is 11.8 Å². The molecule has 2 amide bonds. The molecule has 0 spiro atoms. The molecular formula is C19H26N2O4. The van der Waals surface area contributed by atoms with Crippen molar-refractivity contribution >= 4 is 17.5 Å². The third-order valence-electron chi connectivity index (χ3n) is 4.26. The number of hydrogen-bond donors (Lipinski definition) is 1. The van der Waals surface area contributed by atoms with E-state index in [2.05, 4.69) is 5.32 Å². The maximum atomic E-state index is 12.9. The number of nitrogens with one attached hydrogen (secondary N) is 1. The molecule has 25 heavy (non-hydrogen) atoms. The molecule has 1 fully saturated rings. The number of carbonyl (C=O) groups excluding carboxylic acids is 2. The fraction of sp³-hybridized carbons (Fsp3) is 0.474. The summed E-state index contributed by atoms with van der Waals surface area (Å²) in [5.74, 6) is 0.590. The molecule has 0 saturated carbocycles. The van der Waals surface area contributed by atoms with Crippen LogP contribution < -0.4 is 14.8 Å². The van der Waals surface area contributed by atoms with E-state index in [1.54, 1.807) is 24.0 Å². The Morgan fingerprint density at radius 2 is 1.76 bits per heavy atom. The van der Waals surface area contributed by atoms with E-state index in [4.69, 9.17) is 9.47 Å². The summed E-state index contributed by atoms with van der Waals surface area (Å²) in [6.45, 7) is 5.18. The van der Waals surface area contributed by atoms with Gasteiger partial charge in [-0.25, -0.2) is 0 Å². The van der Waals surface area contributed by atoms with Crippen LogP contribution in [0.15, 0.2) is 23.8 Å². The molecule has 2 rings (SSSR count). The number of allylic oxidation sites excluding steroid dienone is 1. The van der Waals surface area contributed by atoms with Crippen LogP contribution in [0.3, 0.4) is 0 Å². The maximum absolute atomic E-state index is 12.9. The smallest absolute Gasteiger partial charge is 0.256 e. The van der Waals surface area contributed by atoms with Crippen LogP contribution >= 0.6 is 0 Å². The Morgan fingerprint density at radius 3 is 2.32 bits per heavy atom. The Kier molecular flexibility index (Phi) is 6.44. The lowest BCUT2D eigenvalue weighted by Crippen LogP contribution is -2.29. The first-order valence-corrected chi connectivity index (χ1v) is 8.55. The predicted molar refractivity (Wildman–Crippen MR) is 97.4 cm³/mol. The first kappa shape index (κ1) is 18.8. The lowest BCUT2D eigenvalue weighted by atomic mass is 10.1. The van der Waals surface area contributed by atoms with Gasteiger partial charge in [-0.2, -0.15) is 0 Å². The standard InChI is InChI=1S/C19H26N2O4/c1-5-8-13(2)18(22)20-15-12-17(25-4)16(24-3)11-14(15)19(23)21-9-6-7-10-21/h8,11-12H,5-7,9-10H2,1-4H3,(H,20,22)/b13-8-. The van der Waals surface area contributed by atoms with Gasteiger partial charge in [0.1, 0.15) is 0 Å². The summed E-state index contributed by atoms with van der Waals surface area (Å²) >= 11 is 0. The number of ether oxygens (including phenoxy) is 2. The molecule has 0 bridgehead atoms. The zero-order chi connectivity index (χ0) is 18.4. The monoisotopic (exact) mass is 346 g/mol. The van der Waals surface area contributed by atoms with Crippen LogP contribution in [0.4, 0.5) is 5.69 Å². The number of amides is 2. The minimum atomic E-state index is -0.232. The van der Waals surface area contributed by atoms with Crippen molar-refractivity contribution in [1.29, 1.82) is 0 Å². The van der Waals surface area contributed by atoms with Crippen molar-refractivity contribution in [1.82, 2.24) is 4.90 Å². The Hall–Kier alpha value is -2.50. The quantitative estimate of drug-likeness (QED) is 0.803. The van der Waals surface area contributed by atoms with Crippen molar-refractivity contribution in [3.05, 3.63) is 29.3 Å². The van der Waals surface area contributed by atoms with Crippen molar-refractivity contribution in [2.45, 2.75) is 33.1 Å². The first-order chi connectivity index (χ1) is 12.0. The number of carbonyl (C=O) groups is 2. The Morgan fingerprint density at radius 1 is 1.16 bits per heavy atom. The molecule has 6 heteroatoms. The topological polar surface area (TPSA) is 67.9 Å². The number of likely N-dealkylation sites (tertiary alicyclic amines) is 1.